The number of nitrogens with two attached hydrogens (primary N) is 1. The number of hydrogen-bond acceptors (Lipinski definition) is 2. The minimum absolute atomic E-state index is 0.533. The summed E-state index contributed by atoms with van der Waals surface area (Å²) in [6, 6.07) is -0.661. The Morgan fingerprint density at radius 3 is 2.27 bits per heavy atom. The zero-order valence-corrected chi connectivity index (χ0v) is 9.78. The van der Waals surface area contributed by atoms with Gasteiger partial charge >= 0.3 is 5.97 Å². The van der Waals surface area contributed by atoms with Crippen molar-refractivity contribution in [3.8, 4) is 0 Å². The van der Waals surface area contributed by atoms with Crippen LogP contribution in [-0.4, -0.2) is 17.1 Å². The Kier molecular flexibility index (Phi) is 4.58. The van der Waals surface area contributed by atoms with Crippen LogP contribution in [0, 0.1) is 17.8 Å². The maximum atomic E-state index is 10.6. The number of carboxylic acid groups (broad SMARTS) is 1. The van der Waals surface area contributed by atoms with Crippen molar-refractivity contribution >= 4 is 5.97 Å². The van der Waals surface area contributed by atoms with Gasteiger partial charge in [0.25, 0.3) is 0 Å². The van der Waals surface area contributed by atoms with Gasteiger partial charge in [-0.15, -0.1) is 0 Å². The van der Waals surface area contributed by atoms with Crippen molar-refractivity contribution in [3.63, 3.8) is 0 Å². The molecule has 0 aromatic carbocycles. The molecule has 0 aromatic rings. The van der Waals surface area contributed by atoms with E-state index in [4.69, 9.17) is 10.8 Å². The number of carboxylic acids is 1. The first kappa shape index (κ1) is 12.5. The van der Waals surface area contributed by atoms with Crippen molar-refractivity contribution < 1.29 is 9.90 Å². The van der Waals surface area contributed by atoms with Crippen LogP contribution in [0.1, 0.15) is 46.0 Å². The number of rotatable bonds is 4. The Labute approximate surface area is 92.0 Å². The first-order valence-electron chi connectivity index (χ1n) is 5.99. The van der Waals surface area contributed by atoms with Crippen LogP contribution < -0.4 is 5.73 Å². The molecule has 0 unspecified atom stereocenters. The fourth-order valence-corrected chi connectivity index (χ4v) is 2.55. The lowest BCUT2D eigenvalue weighted by Crippen LogP contribution is -2.33. The van der Waals surface area contributed by atoms with E-state index in [1.165, 1.54) is 12.8 Å². The van der Waals surface area contributed by atoms with Gasteiger partial charge in [-0.1, -0.05) is 26.7 Å². The largest absolute Gasteiger partial charge is 0.480 e. The van der Waals surface area contributed by atoms with Gasteiger partial charge in [0.05, 0.1) is 0 Å². The molecule has 1 atom stereocenters. The molecule has 3 N–H and O–H groups in total. The molecule has 1 aliphatic carbocycles. The molecular formula is C12H23NO2. The second-order valence-electron chi connectivity index (χ2n) is 5.21. The Bertz CT molecular complexity index is 208. The molecule has 0 saturated heterocycles. The van der Waals surface area contributed by atoms with E-state index < -0.39 is 12.0 Å². The summed E-state index contributed by atoms with van der Waals surface area (Å²) in [5.41, 5.74) is 5.54. The lowest BCUT2D eigenvalue weighted by molar-refractivity contribution is -0.139. The molecule has 1 aliphatic rings. The predicted octanol–water partition coefficient (Wildman–Crippen LogP) is 2.25. The molecule has 0 bridgehead atoms. The lowest BCUT2D eigenvalue weighted by atomic mass is 9.75. The van der Waals surface area contributed by atoms with E-state index in [1.807, 2.05) is 0 Å². The zero-order valence-electron chi connectivity index (χ0n) is 9.78. The summed E-state index contributed by atoms with van der Waals surface area (Å²) >= 11 is 0. The molecule has 1 rings (SSSR count). The summed E-state index contributed by atoms with van der Waals surface area (Å²) in [6.45, 7) is 4.54. The van der Waals surface area contributed by atoms with Gasteiger partial charge in [-0.25, -0.2) is 0 Å². The van der Waals surface area contributed by atoms with E-state index in [1.54, 1.807) is 0 Å². The highest BCUT2D eigenvalue weighted by Gasteiger charge is 2.25. The molecule has 3 heteroatoms. The number of hydrogen-bond donors (Lipinski definition) is 2. The standard InChI is InChI=1S/C12H23NO2/c1-8(2)10-5-3-9(4-6-10)7-11(13)12(14)15/h8-11H,3-7,13H2,1-2H3,(H,14,15)/t9?,10?,11-/m0/s1. The lowest BCUT2D eigenvalue weighted by Gasteiger charge is -2.31. The van der Waals surface area contributed by atoms with Gasteiger partial charge in [0.2, 0.25) is 0 Å². The summed E-state index contributed by atoms with van der Waals surface area (Å²) in [7, 11) is 0. The Balaban J connectivity index is 2.28. The smallest absolute Gasteiger partial charge is 0.320 e. The van der Waals surface area contributed by atoms with Crippen molar-refractivity contribution in [2.24, 2.45) is 23.5 Å². The number of carbonyl (C=O) groups is 1. The molecule has 0 aromatic heterocycles. The average Bonchev–Trinajstić information content (AvgIpc) is 2.18. The molecule has 3 nitrogen and oxygen atoms in total. The van der Waals surface area contributed by atoms with Crippen LogP contribution in [0.3, 0.4) is 0 Å². The normalized spacial score (nSPS) is 29.1. The molecule has 0 spiro atoms. The third kappa shape index (κ3) is 3.82. The van der Waals surface area contributed by atoms with Crippen LogP contribution in [-0.2, 0) is 4.79 Å². The molecule has 0 amide bonds. The molecule has 0 radical (unpaired) electrons. The first-order chi connectivity index (χ1) is 7.00. The summed E-state index contributed by atoms with van der Waals surface area (Å²) in [5, 5.41) is 8.73. The SMILES string of the molecule is CC(C)C1CCC(C[C@H](N)C(=O)O)CC1. The van der Waals surface area contributed by atoms with Gasteiger partial charge in [0.1, 0.15) is 6.04 Å². The summed E-state index contributed by atoms with van der Waals surface area (Å²) in [6.07, 6.45) is 5.46. The van der Waals surface area contributed by atoms with Crippen molar-refractivity contribution in [1.82, 2.24) is 0 Å². The second-order valence-corrected chi connectivity index (χ2v) is 5.21. The highest BCUT2D eigenvalue weighted by molar-refractivity contribution is 5.73. The van der Waals surface area contributed by atoms with Crippen LogP contribution in [0.25, 0.3) is 0 Å². The predicted molar refractivity (Wildman–Crippen MR) is 60.5 cm³/mol. The van der Waals surface area contributed by atoms with E-state index in [9.17, 15) is 4.79 Å². The van der Waals surface area contributed by atoms with Gasteiger partial charge in [-0.2, -0.15) is 0 Å². The fraction of sp³-hybridized carbons (Fsp3) is 0.917. The Hall–Kier alpha value is -0.570. The Morgan fingerprint density at radius 1 is 1.33 bits per heavy atom. The van der Waals surface area contributed by atoms with Crippen LogP contribution in [0.15, 0.2) is 0 Å². The molecule has 1 saturated carbocycles. The van der Waals surface area contributed by atoms with E-state index in [2.05, 4.69) is 13.8 Å². The quantitative estimate of drug-likeness (QED) is 0.753. The maximum absolute atomic E-state index is 10.6. The minimum atomic E-state index is -0.860. The van der Waals surface area contributed by atoms with E-state index in [0.717, 1.165) is 24.7 Å². The molecular weight excluding hydrogens is 190 g/mol. The van der Waals surface area contributed by atoms with Crippen LogP contribution >= 0.6 is 0 Å². The van der Waals surface area contributed by atoms with Crippen LogP contribution in [0.5, 0.6) is 0 Å². The van der Waals surface area contributed by atoms with Crippen molar-refractivity contribution in [2.75, 3.05) is 0 Å². The summed E-state index contributed by atoms with van der Waals surface area (Å²) < 4.78 is 0. The first-order valence-corrected chi connectivity index (χ1v) is 5.99. The Morgan fingerprint density at radius 2 is 1.87 bits per heavy atom. The van der Waals surface area contributed by atoms with Crippen molar-refractivity contribution in [2.45, 2.75) is 52.0 Å². The fourth-order valence-electron chi connectivity index (χ4n) is 2.55. The summed E-state index contributed by atoms with van der Waals surface area (Å²) in [5.74, 6) is 1.27. The van der Waals surface area contributed by atoms with Gasteiger partial charge in [-0.05, 0) is 37.0 Å². The van der Waals surface area contributed by atoms with Crippen molar-refractivity contribution in [3.05, 3.63) is 0 Å². The molecule has 0 heterocycles. The van der Waals surface area contributed by atoms with E-state index in [-0.39, 0.29) is 0 Å². The average molecular weight is 213 g/mol. The van der Waals surface area contributed by atoms with Gasteiger partial charge in [0.15, 0.2) is 0 Å². The van der Waals surface area contributed by atoms with E-state index >= 15 is 0 Å². The topological polar surface area (TPSA) is 63.3 Å². The second kappa shape index (κ2) is 5.50. The van der Waals surface area contributed by atoms with Crippen LogP contribution in [0.2, 0.25) is 0 Å². The molecule has 0 aliphatic heterocycles. The van der Waals surface area contributed by atoms with E-state index in [0.29, 0.717) is 12.3 Å². The third-order valence-corrected chi connectivity index (χ3v) is 3.74. The van der Waals surface area contributed by atoms with Crippen molar-refractivity contribution in [1.29, 1.82) is 0 Å². The highest BCUT2D eigenvalue weighted by Crippen LogP contribution is 2.34. The minimum Gasteiger partial charge on any atom is -0.480 e. The molecule has 1 fully saturated rings. The zero-order chi connectivity index (χ0) is 11.4. The van der Waals surface area contributed by atoms with Gasteiger partial charge < -0.3 is 10.8 Å². The maximum Gasteiger partial charge on any atom is 0.320 e. The molecule has 15 heavy (non-hydrogen) atoms. The highest BCUT2D eigenvalue weighted by atomic mass is 16.4. The van der Waals surface area contributed by atoms with Gasteiger partial charge in [-0.3, -0.25) is 4.79 Å². The molecule has 88 valence electrons. The summed E-state index contributed by atoms with van der Waals surface area (Å²) in [4.78, 5) is 10.6. The monoisotopic (exact) mass is 213 g/mol. The van der Waals surface area contributed by atoms with Crippen LogP contribution in [0.4, 0.5) is 0 Å². The third-order valence-electron chi connectivity index (χ3n) is 3.74. The number of aliphatic carboxylic acids is 1. The van der Waals surface area contributed by atoms with Gasteiger partial charge in [0, 0.05) is 0 Å².